The maximum absolute atomic E-state index is 12.9. The summed E-state index contributed by atoms with van der Waals surface area (Å²) < 4.78 is 15.6. The molecule has 0 saturated carbocycles. The minimum Gasteiger partial charge on any atom is -0.493 e. The maximum atomic E-state index is 12.9. The van der Waals surface area contributed by atoms with Crippen LogP contribution in [0.25, 0.3) is 6.08 Å². The van der Waals surface area contributed by atoms with E-state index in [0.717, 1.165) is 5.69 Å². The van der Waals surface area contributed by atoms with Gasteiger partial charge in [-0.05, 0) is 42.8 Å². The molecule has 1 aliphatic rings. The molecule has 1 aliphatic heterocycles. The lowest BCUT2D eigenvalue weighted by Crippen LogP contribution is -2.49. The third-order valence-electron chi connectivity index (χ3n) is 5.19. The van der Waals surface area contributed by atoms with Crippen LogP contribution in [0.15, 0.2) is 54.1 Å². The van der Waals surface area contributed by atoms with Crippen LogP contribution in [0.5, 0.6) is 11.5 Å². The first-order valence-electron chi connectivity index (χ1n) is 10.7. The number of anilines is 1. The number of amides is 1. The molecular formula is C25H27N3O5. The highest BCUT2D eigenvalue weighted by Crippen LogP contribution is 2.29. The predicted molar refractivity (Wildman–Crippen MR) is 124 cm³/mol. The van der Waals surface area contributed by atoms with Gasteiger partial charge >= 0.3 is 5.97 Å². The van der Waals surface area contributed by atoms with Crippen molar-refractivity contribution in [3.63, 3.8) is 0 Å². The molecular weight excluding hydrogens is 422 g/mol. The fraction of sp³-hybridized carbons (Fsp3) is 0.320. The van der Waals surface area contributed by atoms with Crippen LogP contribution < -0.4 is 14.4 Å². The van der Waals surface area contributed by atoms with E-state index in [4.69, 9.17) is 14.2 Å². The summed E-state index contributed by atoms with van der Waals surface area (Å²) in [4.78, 5) is 28.4. The Labute approximate surface area is 193 Å². The summed E-state index contributed by atoms with van der Waals surface area (Å²) >= 11 is 0. The lowest BCUT2D eigenvalue weighted by atomic mass is 10.1. The second kappa shape index (κ2) is 11.6. The second-order valence-electron chi connectivity index (χ2n) is 7.29. The van der Waals surface area contributed by atoms with Crippen LogP contribution in [-0.4, -0.2) is 63.3 Å². The van der Waals surface area contributed by atoms with E-state index in [1.54, 1.807) is 30.0 Å². The molecule has 1 fully saturated rings. The molecule has 0 bridgehead atoms. The standard InChI is InChI=1S/C25H27N3O5/c1-3-32-24(29)18-33-22-10-9-19(16-23(22)31-2)15-20(17-26)25(30)28-13-11-27(12-14-28)21-7-5-4-6-8-21/h4-10,15-16H,3,11-14,18H2,1-2H3/b20-15-. The van der Waals surface area contributed by atoms with Gasteiger partial charge in [-0.3, -0.25) is 4.79 Å². The molecule has 0 unspecified atom stereocenters. The Kier molecular flexibility index (Phi) is 8.30. The van der Waals surface area contributed by atoms with Crippen LogP contribution in [0, 0.1) is 11.3 Å². The van der Waals surface area contributed by atoms with E-state index >= 15 is 0 Å². The van der Waals surface area contributed by atoms with E-state index in [2.05, 4.69) is 4.90 Å². The summed E-state index contributed by atoms with van der Waals surface area (Å²) in [7, 11) is 1.47. The Morgan fingerprint density at radius 1 is 1.06 bits per heavy atom. The summed E-state index contributed by atoms with van der Waals surface area (Å²) in [5.74, 6) is -0.0288. The number of para-hydroxylation sites is 1. The Morgan fingerprint density at radius 3 is 2.42 bits per heavy atom. The van der Waals surface area contributed by atoms with Crippen molar-refractivity contribution in [2.45, 2.75) is 6.92 Å². The summed E-state index contributed by atoms with van der Waals surface area (Å²) in [6, 6.07) is 17.0. The summed E-state index contributed by atoms with van der Waals surface area (Å²) in [6.45, 7) is 4.24. The lowest BCUT2D eigenvalue weighted by Gasteiger charge is -2.36. The number of carbonyl (C=O) groups excluding carboxylic acids is 2. The summed E-state index contributed by atoms with van der Waals surface area (Å²) in [6.07, 6.45) is 1.53. The number of methoxy groups -OCH3 is 1. The Balaban J connectivity index is 1.66. The first kappa shape index (κ1) is 23.7. The topological polar surface area (TPSA) is 92.1 Å². The number of carbonyl (C=O) groups is 2. The van der Waals surface area contributed by atoms with E-state index in [1.807, 2.05) is 36.4 Å². The van der Waals surface area contributed by atoms with Crippen molar-refractivity contribution < 1.29 is 23.8 Å². The number of piperazine rings is 1. The number of benzene rings is 2. The number of nitriles is 1. The van der Waals surface area contributed by atoms with E-state index in [1.165, 1.54) is 13.2 Å². The molecule has 0 N–H and O–H groups in total. The molecule has 0 aliphatic carbocycles. The average molecular weight is 450 g/mol. The number of rotatable bonds is 8. The van der Waals surface area contributed by atoms with Gasteiger partial charge in [-0.1, -0.05) is 24.3 Å². The second-order valence-corrected chi connectivity index (χ2v) is 7.29. The molecule has 1 heterocycles. The lowest BCUT2D eigenvalue weighted by molar-refractivity contribution is -0.145. The van der Waals surface area contributed by atoms with Gasteiger partial charge in [-0.2, -0.15) is 5.26 Å². The summed E-state index contributed by atoms with van der Waals surface area (Å²) in [5.41, 5.74) is 1.78. The Morgan fingerprint density at radius 2 is 1.79 bits per heavy atom. The van der Waals surface area contributed by atoms with Gasteiger partial charge in [0.1, 0.15) is 11.6 Å². The first-order chi connectivity index (χ1) is 16.0. The first-order valence-corrected chi connectivity index (χ1v) is 10.7. The SMILES string of the molecule is CCOC(=O)COc1ccc(/C=C(/C#N)C(=O)N2CCN(c3ccccc3)CC2)cc1OC. The molecule has 1 saturated heterocycles. The van der Waals surface area contributed by atoms with E-state index in [9.17, 15) is 14.9 Å². The van der Waals surface area contributed by atoms with Crippen LogP contribution in [0.4, 0.5) is 5.69 Å². The number of esters is 1. The highest BCUT2D eigenvalue weighted by atomic mass is 16.6. The quantitative estimate of drug-likeness (QED) is 0.348. The van der Waals surface area contributed by atoms with Gasteiger partial charge in [0.25, 0.3) is 5.91 Å². The van der Waals surface area contributed by atoms with Crippen molar-refractivity contribution in [3.05, 3.63) is 59.7 Å². The number of hydrogen-bond donors (Lipinski definition) is 0. The molecule has 172 valence electrons. The molecule has 2 aromatic carbocycles. The number of ether oxygens (including phenoxy) is 3. The largest absolute Gasteiger partial charge is 0.493 e. The third-order valence-corrected chi connectivity index (χ3v) is 5.19. The van der Waals surface area contributed by atoms with Crippen LogP contribution in [0.2, 0.25) is 0 Å². The van der Waals surface area contributed by atoms with Crippen molar-refractivity contribution in [2.24, 2.45) is 0 Å². The van der Waals surface area contributed by atoms with Crippen LogP contribution in [-0.2, 0) is 14.3 Å². The van der Waals surface area contributed by atoms with Gasteiger partial charge in [0.05, 0.1) is 13.7 Å². The highest BCUT2D eigenvalue weighted by molar-refractivity contribution is 6.01. The van der Waals surface area contributed by atoms with Crippen LogP contribution in [0.3, 0.4) is 0 Å². The monoisotopic (exact) mass is 449 g/mol. The highest BCUT2D eigenvalue weighted by Gasteiger charge is 2.24. The van der Waals surface area contributed by atoms with Crippen molar-refractivity contribution in [3.8, 4) is 17.6 Å². The molecule has 8 heteroatoms. The zero-order valence-electron chi connectivity index (χ0n) is 18.8. The normalized spacial score (nSPS) is 13.8. The van der Waals surface area contributed by atoms with Gasteiger partial charge in [-0.15, -0.1) is 0 Å². The zero-order chi connectivity index (χ0) is 23.6. The van der Waals surface area contributed by atoms with Gasteiger partial charge < -0.3 is 24.0 Å². The van der Waals surface area contributed by atoms with Gasteiger partial charge in [0.2, 0.25) is 0 Å². The maximum Gasteiger partial charge on any atom is 0.344 e. The number of hydrogen-bond acceptors (Lipinski definition) is 7. The fourth-order valence-electron chi connectivity index (χ4n) is 3.52. The predicted octanol–water partition coefficient (Wildman–Crippen LogP) is 2.89. The minimum atomic E-state index is -0.478. The van der Waals surface area contributed by atoms with Crippen LogP contribution in [0.1, 0.15) is 12.5 Å². The fourth-order valence-corrected chi connectivity index (χ4v) is 3.52. The van der Waals surface area contributed by atoms with E-state index in [0.29, 0.717) is 43.2 Å². The smallest absolute Gasteiger partial charge is 0.344 e. The Bertz CT molecular complexity index is 1040. The van der Waals surface area contributed by atoms with Gasteiger partial charge in [0, 0.05) is 31.9 Å². The molecule has 3 rings (SSSR count). The summed E-state index contributed by atoms with van der Waals surface area (Å²) in [5, 5.41) is 9.61. The van der Waals surface area contributed by atoms with Crippen LogP contribution >= 0.6 is 0 Å². The molecule has 8 nitrogen and oxygen atoms in total. The van der Waals surface area contributed by atoms with Gasteiger partial charge in [-0.25, -0.2) is 4.79 Å². The molecule has 2 aromatic rings. The molecule has 0 atom stereocenters. The molecule has 1 amide bonds. The zero-order valence-corrected chi connectivity index (χ0v) is 18.8. The molecule has 0 spiro atoms. The minimum absolute atomic E-state index is 0.0467. The van der Waals surface area contributed by atoms with Crippen molar-refractivity contribution in [1.82, 2.24) is 4.90 Å². The average Bonchev–Trinajstić information content (AvgIpc) is 2.86. The van der Waals surface area contributed by atoms with E-state index in [-0.39, 0.29) is 24.7 Å². The van der Waals surface area contributed by atoms with E-state index < -0.39 is 5.97 Å². The van der Waals surface area contributed by atoms with Gasteiger partial charge in [0.15, 0.2) is 18.1 Å². The number of nitrogens with zero attached hydrogens (tertiary/aromatic N) is 3. The Hall–Kier alpha value is -3.99. The molecule has 33 heavy (non-hydrogen) atoms. The van der Waals surface area contributed by atoms with Crippen molar-refractivity contribution in [1.29, 1.82) is 5.26 Å². The molecule has 0 radical (unpaired) electrons. The van der Waals surface area contributed by atoms with Crippen molar-refractivity contribution >= 4 is 23.6 Å². The third kappa shape index (κ3) is 6.26. The molecule has 0 aromatic heterocycles. The van der Waals surface area contributed by atoms with Crippen molar-refractivity contribution in [2.75, 3.05) is 51.4 Å².